The summed E-state index contributed by atoms with van der Waals surface area (Å²) in [5, 5.41) is 3.67. The summed E-state index contributed by atoms with van der Waals surface area (Å²) in [5.41, 5.74) is 6.20. The Morgan fingerprint density at radius 3 is 2.94 bits per heavy atom. The zero-order chi connectivity index (χ0) is 12.0. The van der Waals surface area contributed by atoms with Crippen LogP contribution in [-0.2, 0) is 16.1 Å². The number of hydrogen-bond acceptors (Lipinski definition) is 3. The summed E-state index contributed by atoms with van der Waals surface area (Å²) in [4.78, 5) is 11.0. The lowest BCUT2D eigenvalue weighted by atomic mass is 10.2. The fourth-order valence-electron chi connectivity index (χ4n) is 1.30. The van der Waals surface area contributed by atoms with Gasteiger partial charge in [-0.25, -0.2) is 0 Å². The van der Waals surface area contributed by atoms with Gasteiger partial charge < -0.3 is 10.5 Å². The Balaban J connectivity index is 2.51. The van der Waals surface area contributed by atoms with Crippen molar-refractivity contribution in [3.63, 3.8) is 0 Å². The van der Waals surface area contributed by atoms with Gasteiger partial charge in [-0.1, -0.05) is 23.7 Å². The lowest BCUT2D eigenvalue weighted by molar-refractivity contribution is -0.121. The van der Waals surface area contributed by atoms with E-state index in [2.05, 4.69) is 5.32 Å². The minimum Gasteiger partial charge on any atom is -0.383 e. The average molecular weight is 243 g/mol. The van der Waals surface area contributed by atoms with Gasteiger partial charge in [0.25, 0.3) is 0 Å². The van der Waals surface area contributed by atoms with E-state index in [-0.39, 0.29) is 6.61 Å². The van der Waals surface area contributed by atoms with Crippen molar-refractivity contribution in [3.8, 4) is 0 Å². The Bertz CT molecular complexity index is 358. The van der Waals surface area contributed by atoms with Crippen LogP contribution >= 0.6 is 11.6 Å². The van der Waals surface area contributed by atoms with Crippen LogP contribution in [0.5, 0.6) is 0 Å². The van der Waals surface area contributed by atoms with E-state index in [0.717, 1.165) is 5.56 Å². The molecule has 5 heteroatoms. The minimum atomic E-state index is -0.482. The van der Waals surface area contributed by atoms with Crippen molar-refractivity contribution < 1.29 is 9.53 Å². The maximum absolute atomic E-state index is 11.0. The van der Waals surface area contributed by atoms with Crippen LogP contribution in [0.4, 0.5) is 0 Å². The number of nitrogens with one attached hydrogen (secondary N) is 1. The number of carbonyl (C=O) groups is 1. The first kappa shape index (κ1) is 13.0. The number of methoxy groups -OCH3 is 1. The first-order chi connectivity index (χ1) is 7.63. The summed E-state index contributed by atoms with van der Waals surface area (Å²) in [7, 11) is 1.52. The second-order valence-electron chi connectivity index (χ2n) is 3.42. The molecule has 88 valence electrons. The van der Waals surface area contributed by atoms with E-state index in [1.807, 2.05) is 18.2 Å². The highest BCUT2D eigenvalue weighted by atomic mass is 35.5. The highest BCUT2D eigenvalue weighted by Crippen LogP contribution is 2.10. The smallest absolute Gasteiger partial charge is 0.236 e. The van der Waals surface area contributed by atoms with E-state index in [9.17, 15) is 4.79 Å². The molecule has 0 aliphatic carbocycles. The topological polar surface area (TPSA) is 64.3 Å². The van der Waals surface area contributed by atoms with Gasteiger partial charge in [-0.3, -0.25) is 10.1 Å². The summed E-state index contributed by atoms with van der Waals surface area (Å²) >= 11 is 5.84. The Kier molecular flexibility index (Phi) is 5.25. The van der Waals surface area contributed by atoms with Crippen LogP contribution in [0.1, 0.15) is 5.56 Å². The molecule has 0 spiro atoms. The van der Waals surface area contributed by atoms with E-state index < -0.39 is 11.9 Å². The summed E-state index contributed by atoms with van der Waals surface area (Å²) in [5.74, 6) is -0.427. The van der Waals surface area contributed by atoms with Gasteiger partial charge >= 0.3 is 0 Å². The molecule has 1 unspecified atom stereocenters. The van der Waals surface area contributed by atoms with Crippen LogP contribution in [-0.4, -0.2) is 25.7 Å². The molecule has 0 heterocycles. The van der Waals surface area contributed by atoms with E-state index in [1.54, 1.807) is 6.07 Å². The molecule has 1 amide bonds. The van der Waals surface area contributed by atoms with Gasteiger partial charge in [-0.2, -0.15) is 0 Å². The van der Waals surface area contributed by atoms with Gasteiger partial charge in [-0.15, -0.1) is 0 Å². The van der Waals surface area contributed by atoms with Gasteiger partial charge in [0.2, 0.25) is 5.91 Å². The summed E-state index contributed by atoms with van der Waals surface area (Å²) in [6.45, 7) is 0.785. The zero-order valence-electron chi connectivity index (χ0n) is 9.07. The quantitative estimate of drug-likeness (QED) is 0.780. The lowest BCUT2D eigenvalue weighted by Gasteiger charge is -2.14. The molecule has 0 saturated carbocycles. The zero-order valence-corrected chi connectivity index (χ0v) is 9.83. The molecular weight excluding hydrogens is 228 g/mol. The Morgan fingerprint density at radius 2 is 2.38 bits per heavy atom. The Labute approximate surface area is 99.7 Å². The predicted molar refractivity (Wildman–Crippen MR) is 63.2 cm³/mol. The molecule has 0 fully saturated rings. The van der Waals surface area contributed by atoms with Crippen molar-refractivity contribution in [1.82, 2.24) is 5.32 Å². The second-order valence-corrected chi connectivity index (χ2v) is 3.86. The summed E-state index contributed by atoms with van der Waals surface area (Å²) in [6.07, 6.45) is 0. The van der Waals surface area contributed by atoms with Crippen molar-refractivity contribution in [2.75, 3.05) is 13.7 Å². The number of nitrogens with two attached hydrogens (primary N) is 1. The fourth-order valence-corrected chi connectivity index (χ4v) is 1.51. The third-order valence-corrected chi connectivity index (χ3v) is 2.35. The van der Waals surface area contributed by atoms with Crippen LogP contribution in [0.15, 0.2) is 24.3 Å². The van der Waals surface area contributed by atoms with E-state index in [1.165, 1.54) is 7.11 Å². The fraction of sp³-hybridized carbons (Fsp3) is 0.364. The lowest BCUT2D eigenvalue weighted by Crippen LogP contribution is -2.44. The summed E-state index contributed by atoms with van der Waals surface area (Å²) < 4.78 is 4.89. The Hall–Kier alpha value is -1.10. The highest BCUT2D eigenvalue weighted by molar-refractivity contribution is 6.30. The SMILES string of the molecule is COCC(NCc1cccc(Cl)c1)C(N)=O. The maximum Gasteiger partial charge on any atom is 0.236 e. The molecule has 0 bridgehead atoms. The molecular formula is C11H15ClN2O2. The van der Waals surface area contributed by atoms with Crippen LogP contribution in [0.3, 0.4) is 0 Å². The molecule has 0 aliphatic heterocycles. The van der Waals surface area contributed by atoms with Crippen LogP contribution in [0.25, 0.3) is 0 Å². The average Bonchev–Trinajstić information content (AvgIpc) is 2.24. The molecule has 0 aromatic heterocycles. The third kappa shape index (κ3) is 4.18. The standard InChI is InChI=1S/C11H15ClN2O2/c1-16-7-10(11(13)15)14-6-8-3-2-4-9(12)5-8/h2-5,10,14H,6-7H2,1H3,(H2,13,15). The van der Waals surface area contributed by atoms with E-state index in [0.29, 0.717) is 11.6 Å². The van der Waals surface area contributed by atoms with Crippen molar-refractivity contribution in [2.24, 2.45) is 5.73 Å². The first-order valence-corrected chi connectivity index (χ1v) is 5.27. The van der Waals surface area contributed by atoms with E-state index >= 15 is 0 Å². The van der Waals surface area contributed by atoms with Crippen molar-refractivity contribution in [3.05, 3.63) is 34.9 Å². The number of rotatable bonds is 6. The molecule has 1 aromatic carbocycles. The molecule has 1 atom stereocenters. The van der Waals surface area contributed by atoms with Gasteiger partial charge in [0.15, 0.2) is 0 Å². The first-order valence-electron chi connectivity index (χ1n) is 4.89. The maximum atomic E-state index is 11.0. The molecule has 1 aromatic rings. The molecule has 0 saturated heterocycles. The molecule has 4 nitrogen and oxygen atoms in total. The molecule has 16 heavy (non-hydrogen) atoms. The monoisotopic (exact) mass is 242 g/mol. The highest BCUT2D eigenvalue weighted by Gasteiger charge is 2.13. The number of ether oxygens (including phenoxy) is 1. The van der Waals surface area contributed by atoms with Crippen molar-refractivity contribution >= 4 is 17.5 Å². The molecule has 0 radical (unpaired) electrons. The van der Waals surface area contributed by atoms with Gasteiger partial charge in [0.05, 0.1) is 6.61 Å². The Morgan fingerprint density at radius 1 is 1.62 bits per heavy atom. The summed E-state index contributed by atoms with van der Waals surface area (Å²) in [6, 6.07) is 6.92. The second kappa shape index (κ2) is 6.48. The third-order valence-electron chi connectivity index (χ3n) is 2.12. The number of primary amides is 1. The van der Waals surface area contributed by atoms with Crippen molar-refractivity contribution in [2.45, 2.75) is 12.6 Å². The normalized spacial score (nSPS) is 12.4. The number of hydrogen-bond donors (Lipinski definition) is 2. The molecule has 1 rings (SSSR count). The number of halogens is 1. The van der Waals surface area contributed by atoms with Crippen LogP contribution < -0.4 is 11.1 Å². The number of benzene rings is 1. The van der Waals surface area contributed by atoms with Crippen LogP contribution in [0, 0.1) is 0 Å². The minimum absolute atomic E-state index is 0.260. The predicted octanol–water partition coefficient (Wildman–Crippen LogP) is 0.930. The van der Waals surface area contributed by atoms with Gasteiger partial charge in [-0.05, 0) is 17.7 Å². The number of carbonyl (C=O) groups excluding carboxylic acids is 1. The van der Waals surface area contributed by atoms with Gasteiger partial charge in [0, 0.05) is 18.7 Å². The molecule has 3 N–H and O–H groups in total. The van der Waals surface area contributed by atoms with Crippen LogP contribution in [0.2, 0.25) is 5.02 Å². The molecule has 0 aliphatic rings. The number of amides is 1. The van der Waals surface area contributed by atoms with Crippen molar-refractivity contribution in [1.29, 1.82) is 0 Å². The largest absolute Gasteiger partial charge is 0.383 e. The van der Waals surface area contributed by atoms with E-state index in [4.69, 9.17) is 22.1 Å². The van der Waals surface area contributed by atoms with Gasteiger partial charge in [0.1, 0.15) is 6.04 Å².